The smallest absolute Gasteiger partial charge is 0.318 e. The van der Waals surface area contributed by atoms with Crippen LogP contribution in [0, 0.1) is 5.41 Å². The topological polar surface area (TPSA) is 61.9 Å². The molecule has 1 N–H and O–H groups in total. The third-order valence-corrected chi connectivity index (χ3v) is 8.55. The van der Waals surface area contributed by atoms with Crippen LogP contribution in [0.1, 0.15) is 49.3 Å². The van der Waals surface area contributed by atoms with E-state index in [1.54, 1.807) is 0 Å². The molecule has 3 aliphatic rings. The van der Waals surface area contributed by atoms with Crippen LogP contribution in [-0.4, -0.2) is 54.5 Å². The molecule has 196 valence electrons. The summed E-state index contributed by atoms with van der Waals surface area (Å²) >= 11 is 0. The number of piperidine rings is 1. The van der Waals surface area contributed by atoms with Gasteiger partial charge in [0.1, 0.15) is 5.75 Å². The van der Waals surface area contributed by atoms with Crippen LogP contribution < -0.4 is 10.1 Å². The molecule has 3 amide bonds. The highest BCUT2D eigenvalue weighted by Gasteiger charge is 2.43. The quantitative estimate of drug-likeness (QED) is 0.438. The summed E-state index contributed by atoms with van der Waals surface area (Å²) in [6, 6.07) is 26.3. The Kier molecular flexibility index (Phi) is 6.79. The van der Waals surface area contributed by atoms with Crippen LogP contribution >= 0.6 is 0 Å². The first-order valence-corrected chi connectivity index (χ1v) is 13.8. The number of hydrogen-bond donors (Lipinski definition) is 1. The molecule has 6 nitrogen and oxygen atoms in total. The van der Waals surface area contributed by atoms with Gasteiger partial charge in [0.2, 0.25) is 5.91 Å². The number of nitrogens with one attached hydrogen (secondary N) is 1. The van der Waals surface area contributed by atoms with E-state index >= 15 is 0 Å². The SMILES string of the molecule is O=C(CCCOc1ccccc1)N1CCC2(CC1)CCN(C(=O)NC1c3ccccc3-c3ccccc31)C2. The summed E-state index contributed by atoms with van der Waals surface area (Å²) in [6.07, 6.45) is 4.15. The van der Waals surface area contributed by atoms with Crippen molar-refractivity contribution < 1.29 is 14.3 Å². The molecule has 0 atom stereocenters. The zero-order valence-corrected chi connectivity index (χ0v) is 21.8. The van der Waals surface area contributed by atoms with Gasteiger partial charge in [-0.1, -0.05) is 66.7 Å². The van der Waals surface area contributed by atoms with Crippen molar-refractivity contribution in [3.63, 3.8) is 0 Å². The summed E-state index contributed by atoms with van der Waals surface area (Å²) < 4.78 is 5.73. The lowest BCUT2D eigenvalue weighted by Gasteiger charge is -2.39. The fourth-order valence-corrected chi connectivity index (χ4v) is 6.36. The van der Waals surface area contributed by atoms with E-state index < -0.39 is 0 Å². The van der Waals surface area contributed by atoms with Crippen molar-refractivity contribution in [1.29, 1.82) is 0 Å². The number of likely N-dealkylation sites (tertiary alicyclic amines) is 2. The molecule has 2 heterocycles. The van der Waals surface area contributed by atoms with Gasteiger partial charge in [-0.25, -0.2) is 4.79 Å². The molecule has 2 saturated heterocycles. The number of amides is 3. The molecule has 0 unspecified atom stereocenters. The number of fused-ring (bicyclic) bond motifs is 3. The van der Waals surface area contributed by atoms with Crippen molar-refractivity contribution in [2.24, 2.45) is 5.41 Å². The van der Waals surface area contributed by atoms with Crippen LogP contribution in [0.5, 0.6) is 5.75 Å². The Balaban J connectivity index is 0.994. The molecule has 3 aromatic rings. The van der Waals surface area contributed by atoms with E-state index in [4.69, 9.17) is 4.74 Å². The van der Waals surface area contributed by atoms with Crippen LogP contribution in [-0.2, 0) is 4.79 Å². The van der Waals surface area contributed by atoms with E-state index in [1.165, 1.54) is 11.1 Å². The number of urea groups is 1. The van der Waals surface area contributed by atoms with Crippen LogP contribution in [0.4, 0.5) is 4.79 Å². The van der Waals surface area contributed by atoms with E-state index in [0.717, 1.165) is 68.7 Å². The number of nitrogens with zero attached hydrogens (tertiary/aromatic N) is 2. The summed E-state index contributed by atoms with van der Waals surface area (Å²) in [7, 11) is 0. The average Bonchev–Trinajstić information content (AvgIpc) is 3.52. The van der Waals surface area contributed by atoms with Gasteiger partial charge in [0, 0.05) is 32.6 Å². The Hall–Kier alpha value is -3.80. The highest BCUT2D eigenvalue weighted by molar-refractivity contribution is 5.83. The van der Waals surface area contributed by atoms with Crippen LogP contribution in [0.3, 0.4) is 0 Å². The van der Waals surface area contributed by atoms with Crippen molar-refractivity contribution >= 4 is 11.9 Å². The van der Waals surface area contributed by atoms with Gasteiger partial charge in [-0.2, -0.15) is 0 Å². The van der Waals surface area contributed by atoms with Gasteiger partial charge in [0.05, 0.1) is 12.6 Å². The maximum Gasteiger partial charge on any atom is 0.318 e. The molecular formula is C32H35N3O3. The maximum atomic E-state index is 13.4. The zero-order chi connectivity index (χ0) is 26.0. The third kappa shape index (κ3) is 4.87. The molecule has 2 fully saturated rings. The fraction of sp³-hybridized carbons (Fsp3) is 0.375. The Labute approximate surface area is 224 Å². The maximum absolute atomic E-state index is 13.4. The predicted octanol–water partition coefficient (Wildman–Crippen LogP) is 5.64. The lowest BCUT2D eigenvalue weighted by molar-refractivity contribution is -0.133. The number of para-hydroxylation sites is 1. The van der Waals surface area contributed by atoms with E-state index in [-0.39, 0.29) is 23.4 Å². The molecule has 0 aromatic heterocycles. The highest BCUT2D eigenvalue weighted by Crippen LogP contribution is 2.44. The summed E-state index contributed by atoms with van der Waals surface area (Å²) in [6.45, 7) is 3.64. The van der Waals surface area contributed by atoms with Crippen molar-refractivity contribution in [1.82, 2.24) is 15.1 Å². The summed E-state index contributed by atoms with van der Waals surface area (Å²) in [5.74, 6) is 1.05. The summed E-state index contributed by atoms with van der Waals surface area (Å²) in [5.41, 5.74) is 4.86. The molecule has 1 spiro atoms. The first kappa shape index (κ1) is 24.5. The minimum atomic E-state index is -0.114. The number of rotatable bonds is 6. The van der Waals surface area contributed by atoms with E-state index in [9.17, 15) is 9.59 Å². The molecule has 2 aliphatic heterocycles. The molecule has 38 heavy (non-hydrogen) atoms. The number of carbonyl (C=O) groups is 2. The van der Waals surface area contributed by atoms with Crippen molar-refractivity contribution in [2.75, 3.05) is 32.8 Å². The number of ether oxygens (including phenoxy) is 1. The second-order valence-electron chi connectivity index (χ2n) is 10.9. The van der Waals surface area contributed by atoms with E-state index in [1.807, 2.05) is 52.3 Å². The monoisotopic (exact) mass is 509 g/mol. The third-order valence-electron chi connectivity index (χ3n) is 8.55. The van der Waals surface area contributed by atoms with Crippen molar-refractivity contribution in [3.05, 3.63) is 90.0 Å². The molecule has 0 saturated carbocycles. The first-order valence-electron chi connectivity index (χ1n) is 13.8. The van der Waals surface area contributed by atoms with E-state index in [0.29, 0.717) is 13.0 Å². The molecule has 6 rings (SSSR count). The predicted molar refractivity (Wildman–Crippen MR) is 148 cm³/mol. The lowest BCUT2D eigenvalue weighted by Crippen LogP contribution is -2.46. The zero-order valence-electron chi connectivity index (χ0n) is 21.8. The van der Waals surface area contributed by atoms with Gasteiger partial charge in [0.15, 0.2) is 0 Å². The Bertz CT molecular complexity index is 1250. The average molecular weight is 510 g/mol. The second kappa shape index (κ2) is 10.5. The largest absolute Gasteiger partial charge is 0.494 e. The highest BCUT2D eigenvalue weighted by atomic mass is 16.5. The normalized spacial score (nSPS) is 17.8. The minimum absolute atomic E-state index is 0.00954. The number of hydrogen-bond acceptors (Lipinski definition) is 3. The van der Waals surface area contributed by atoms with Crippen LogP contribution in [0.15, 0.2) is 78.9 Å². The molecule has 1 aliphatic carbocycles. The summed E-state index contributed by atoms with van der Waals surface area (Å²) in [4.78, 5) is 30.2. The van der Waals surface area contributed by atoms with E-state index in [2.05, 4.69) is 41.7 Å². The van der Waals surface area contributed by atoms with Gasteiger partial charge in [-0.15, -0.1) is 0 Å². The number of benzene rings is 3. The molecule has 0 radical (unpaired) electrons. The Morgan fingerprint density at radius 3 is 2.03 bits per heavy atom. The fourth-order valence-electron chi connectivity index (χ4n) is 6.36. The van der Waals surface area contributed by atoms with Crippen molar-refractivity contribution in [3.8, 4) is 16.9 Å². The molecule has 6 heteroatoms. The van der Waals surface area contributed by atoms with Crippen LogP contribution in [0.25, 0.3) is 11.1 Å². The van der Waals surface area contributed by atoms with Gasteiger partial charge in [-0.05, 0) is 65.5 Å². The number of carbonyl (C=O) groups excluding carboxylic acids is 2. The Morgan fingerprint density at radius 2 is 1.37 bits per heavy atom. The standard InChI is InChI=1S/C32H35N3O3/c36-29(15-8-22-38-24-9-2-1-3-10-24)34-19-16-32(17-20-34)18-21-35(23-32)31(37)33-30-27-13-6-4-11-25(27)26-12-5-7-14-28(26)30/h1-7,9-14,30H,8,15-23H2,(H,33,37). The second-order valence-corrected chi connectivity index (χ2v) is 10.9. The molecular weight excluding hydrogens is 474 g/mol. The van der Waals surface area contributed by atoms with Gasteiger partial charge in [0.25, 0.3) is 0 Å². The summed E-state index contributed by atoms with van der Waals surface area (Å²) in [5, 5.41) is 3.33. The minimum Gasteiger partial charge on any atom is -0.494 e. The van der Waals surface area contributed by atoms with Crippen LogP contribution in [0.2, 0.25) is 0 Å². The molecule has 3 aromatic carbocycles. The Morgan fingerprint density at radius 1 is 0.789 bits per heavy atom. The van der Waals surface area contributed by atoms with Crippen molar-refractivity contribution in [2.45, 2.75) is 38.1 Å². The van der Waals surface area contributed by atoms with Gasteiger partial charge in [-0.3, -0.25) is 4.79 Å². The first-order chi connectivity index (χ1) is 18.6. The molecule has 0 bridgehead atoms. The van der Waals surface area contributed by atoms with Gasteiger partial charge < -0.3 is 19.9 Å². The van der Waals surface area contributed by atoms with Gasteiger partial charge >= 0.3 is 6.03 Å². The lowest BCUT2D eigenvalue weighted by atomic mass is 9.77.